The Morgan fingerprint density at radius 2 is 2.08 bits per heavy atom. The highest BCUT2D eigenvalue weighted by Crippen LogP contribution is 2.16. The topological polar surface area (TPSA) is 71.8 Å². The van der Waals surface area contributed by atoms with Crippen LogP contribution in [0.3, 0.4) is 0 Å². The summed E-state index contributed by atoms with van der Waals surface area (Å²) in [6.07, 6.45) is 2.42. The number of benzene rings is 1. The molecule has 1 heterocycles. The number of carbonyl (C=O) groups is 2. The fourth-order valence-electron chi connectivity index (χ4n) is 2.29. The lowest BCUT2D eigenvalue weighted by Crippen LogP contribution is -2.38. The molecule has 0 spiro atoms. The predicted molar refractivity (Wildman–Crippen MR) is 90.9 cm³/mol. The number of anilines is 1. The normalized spacial score (nSPS) is 10.2. The Kier molecular flexibility index (Phi) is 6.42. The number of methoxy groups -OCH3 is 1. The molecule has 6 heteroatoms. The molecule has 0 saturated carbocycles. The molecule has 128 valence electrons. The molecule has 24 heavy (non-hydrogen) atoms. The molecular formula is C18H22N2O4. The van der Waals surface area contributed by atoms with Gasteiger partial charge in [-0.2, -0.15) is 0 Å². The molecule has 1 aromatic heterocycles. The van der Waals surface area contributed by atoms with E-state index in [2.05, 4.69) is 5.32 Å². The second kappa shape index (κ2) is 8.76. The summed E-state index contributed by atoms with van der Waals surface area (Å²) in [4.78, 5) is 25.9. The van der Waals surface area contributed by atoms with Crippen molar-refractivity contribution in [3.63, 3.8) is 0 Å². The van der Waals surface area contributed by atoms with E-state index in [1.54, 1.807) is 43.7 Å². The molecule has 0 atom stereocenters. The molecule has 0 bridgehead atoms. The van der Waals surface area contributed by atoms with Crippen molar-refractivity contribution in [1.82, 2.24) is 4.90 Å². The van der Waals surface area contributed by atoms with Gasteiger partial charge in [0.15, 0.2) is 0 Å². The van der Waals surface area contributed by atoms with Crippen LogP contribution >= 0.6 is 0 Å². The number of rotatable bonds is 8. The summed E-state index contributed by atoms with van der Waals surface area (Å²) < 4.78 is 10.3. The second-order valence-corrected chi connectivity index (χ2v) is 5.27. The molecular weight excluding hydrogens is 308 g/mol. The maximum Gasteiger partial charge on any atom is 0.243 e. The van der Waals surface area contributed by atoms with E-state index in [4.69, 9.17) is 9.15 Å². The van der Waals surface area contributed by atoms with Gasteiger partial charge in [-0.1, -0.05) is 6.07 Å². The van der Waals surface area contributed by atoms with Gasteiger partial charge >= 0.3 is 0 Å². The van der Waals surface area contributed by atoms with Gasteiger partial charge in [-0.05, 0) is 31.2 Å². The third kappa shape index (κ3) is 5.15. The first-order valence-corrected chi connectivity index (χ1v) is 7.86. The van der Waals surface area contributed by atoms with E-state index in [-0.39, 0.29) is 18.4 Å². The average molecular weight is 330 g/mol. The highest BCUT2D eigenvalue weighted by molar-refractivity contribution is 5.94. The summed E-state index contributed by atoms with van der Waals surface area (Å²) in [5, 5.41) is 2.77. The zero-order valence-corrected chi connectivity index (χ0v) is 14.0. The van der Waals surface area contributed by atoms with Crippen molar-refractivity contribution < 1.29 is 18.7 Å². The molecule has 0 radical (unpaired) electrons. The maximum absolute atomic E-state index is 12.2. The Bertz CT molecular complexity index is 667. The first-order chi connectivity index (χ1) is 11.6. The van der Waals surface area contributed by atoms with E-state index in [1.807, 2.05) is 13.0 Å². The number of amides is 2. The predicted octanol–water partition coefficient (Wildman–Crippen LogP) is 2.71. The minimum atomic E-state index is -0.239. The molecule has 6 nitrogen and oxygen atoms in total. The van der Waals surface area contributed by atoms with Crippen molar-refractivity contribution in [2.45, 2.75) is 19.8 Å². The Labute approximate surface area is 141 Å². The molecule has 2 aromatic rings. The van der Waals surface area contributed by atoms with E-state index in [0.717, 1.165) is 5.76 Å². The monoisotopic (exact) mass is 330 g/mol. The van der Waals surface area contributed by atoms with E-state index < -0.39 is 0 Å². The first kappa shape index (κ1) is 17.6. The third-order valence-electron chi connectivity index (χ3n) is 3.59. The van der Waals surface area contributed by atoms with E-state index >= 15 is 0 Å². The summed E-state index contributed by atoms with van der Waals surface area (Å²) in [5.41, 5.74) is 0.637. The number of hydrogen-bond acceptors (Lipinski definition) is 4. The molecule has 0 aliphatic rings. The number of nitrogens with one attached hydrogen (secondary N) is 1. The van der Waals surface area contributed by atoms with Crippen LogP contribution in [0.4, 0.5) is 5.69 Å². The van der Waals surface area contributed by atoms with Gasteiger partial charge in [0.25, 0.3) is 0 Å². The van der Waals surface area contributed by atoms with Crippen LogP contribution in [0, 0.1) is 0 Å². The van der Waals surface area contributed by atoms with Crippen molar-refractivity contribution in [2.24, 2.45) is 0 Å². The van der Waals surface area contributed by atoms with Crippen molar-refractivity contribution in [2.75, 3.05) is 25.5 Å². The Morgan fingerprint density at radius 3 is 2.75 bits per heavy atom. The fraction of sp³-hybridized carbons (Fsp3) is 0.333. The zero-order chi connectivity index (χ0) is 17.4. The molecule has 2 rings (SSSR count). The smallest absolute Gasteiger partial charge is 0.243 e. The lowest BCUT2D eigenvalue weighted by molar-refractivity contribution is -0.134. The lowest BCUT2D eigenvalue weighted by atomic mass is 10.2. The number of likely N-dealkylation sites (N-methyl/N-ethyl adjacent to an activating group) is 1. The molecule has 0 unspecified atom stereocenters. The Balaban J connectivity index is 1.86. The van der Waals surface area contributed by atoms with E-state index in [1.165, 1.54) is 4.90 Å². The molecule has 0 fully saturated rings. The van der Waals surface area contributed by atoms with Gasteiger partial charge in [0, 0.05) is 31.1 Å². The van der Waals surface area contributed by atoms with E-state index in [9.17, 15) is 9.59 Å². The number of ether oxygens (including phenoxy) is 1. The molecule has 1 N–H and O–H groups in total. The summed E-state index contributed by atoms with van der Waals surface area (Å²) in [6, 6.07) is 10.7. The van der Waals surface area contributed by atoms with Crippen LogP contribution in [-0.2, 0) is 16.0 Å². The Hall–Kier alpha value is -2.76. The summed E-state index contributed by atoms with van der Waals surface area (Å²) >= 11 is 0. The second-order valence-electron chi connectivity index (χ2n) is 5.27. The van der Waals surface area contributed by atoms with Crippen LogP contribution in [-0.4, -0.2) is 36.9 Å². The van der Waals surface area contributed by atoms with Gasteiger partial charge in [0.05, 0.1) is 19.9 Å². The standard InChI is InChI=1S/C18H22N2O4/c1-3-20(18(22)10-9-15-8-5-11-24-15)13-17(21)19-14-6-4-7-16(12-14)23-2/h4-8,11-12H,3,9-10,13H2,1-2H3,(H,19,21). The SMILES string of the molecule is CCN(CC(=O)Nc1cccc(OC)c1)C(=O)CCc1ccco1. The van der Waals surface area contributed by atoms with Crippen LogP contribution in [0.5, 0.6) is 5.75 Å². The van der Waals surface area contributed by atoms with Crippen molar-refractivity contribution in [1.29, 1.82) is 0 Å². The zero-order valence-electron chi connectivity index (χ0n) is 14.0. The van der Waals surface area contributed by atoms with Crippen molar-refractivity contribution >= 4 is 17.5 Å². The van der Waals surface area contributed by atoms with Crippen LogP contribution < -0.4 is 10.1 Å². The molecule has 0 aliphatic heterocycles. The largest absolute Gasteiger partial charge is 0.497 e. The van der Waals surface area contributed by atoms with Gasteiger partial charge < -0.3 is 19.4 Å². The highest BCUT2D eigenvalue weighted by atomic mass is 16.5. The quantitative estimate of drug-likeness (QED) is 0.808. The Morgan fingerprint density at radius 1 is 1.25 bits per heavy atom. The van der Waals surface area contributed by atoms with Gasteiger partial charge in [0.2, 0.25) is 11.8 Å². The highest BCUT2D eigenvalue weighted by Gasteiger charge is 2.16. The van der Waals surface area contributed by atoms with Crippen LogP contribution in [0.15, 0.2) is 47.1 Å². The third-order valence-corrected chi connectivity index (χ3v) is 3.59. The summed E-state index contributed by atoms with van der Waals surface area (Å²) in [5.74, 6) is 1.11. The fourth-order valence-corrected chi connectivity index (χ4v) is 2.29. The number of aryl methyl sites for hydroxylation is 1. The molecule has 1 aromatic carbocycles. The summed E-state index contributed by atoms with van der Waals surface area (Å²) in [7, 11) is 1.57. The number of carbonyl (C=O) groups excluding carboxylic acids is 2. The van der Waals surface area contributed by atoms with Gasteiger partial charge in [-0.3, -0.25) is 9.59 Å². The van der Waals surface area contributed by atoms with Gasteiger partial charge in [-0.15, -0.1) is 0 Å². The average Bonchev–Trinajstić information content (AvgIpc) is 3.11. The lowest BCUT2D eigenvalue weighted by Gasteiger charge is -2.20. The number of nitrogens with zero attached hydrogens (tertiary/aromatic N) is 1. The minimum Gasteiger partial charge on any atom is -0.497 e. The van der Waals surface area contributed by atoms with Crippen molar-refractivity contribution in [3.05, 3.63) is 48.4 Å². The van der Waals surface area contributed by atoms with Crippen LogP contribution in [0.25, 0.3) is 0 Å². The van der Waals surface area contributed by atoms with Crippen LogP contribution in [0.2, 0.25) is 0 Å². The van der Waals surface area contributed by atoms with E-state index in [0.29, 0.717) is 30.8 Å². The summed E-state index contributed by atoms with van der Waals surface area (Å²) in [6.45, 7) is 2.34. The minimum absolute atomic E-state index is 0.0185. The first-order valence-electron chi connectivity index (χ1n) is 7.86. The molecule has 2 amide bonds. The molecule has 0 aliphatic carbocycles. The van der Waals surface area contributed by atoms with Gasteiger partial charge in [0.1, 0.15) is 11.5 Å². The maximum atomic E-state index is 12.2. The van der Waals surface area contributed by atoms with Gasteiger partial charge in [-0.25, -0.2) is 0 Å². The van der Waals surface area contributed by atoms with Crippen LogP contribution in [0.1, 0.15) is 19.1 Å². The number of hydrogen-bond donors (Lipinski definition) is 1. The molecule has 0 saturated heterocycles. The van der Waals surface area contributed by atoms with Crippen molar-refractivity contribution in [3.8, 4) is 5.75 Å². The number of furan rings is 1.